The molecule has 1 aliphatic carbocycles. The van der Waals surface area contributed by atoms with Gasteiger partial charge in [0.2, 0.25) is 0 Å². The highest BCUT2D eigenvalue weighted by Gasteiger charge is 2.25. The van der Waals surface area contributed by atoms with Crippen LogP contribution in [0.3, 0.4) is 0 Å². The van der Waals surface area contributed by atoms with Crippen LogP contribution in [0.25, 0.3) is 10.9 Å². The lowest BCUT2D eigenvalue weighted by molar-refractivity contribution is -0.116. The smallest absolute Gasteiger partial charge is 0.274 e. The van der Waals surface area contributed by atoms with Gasteiger partial charge in [0.25, 0.3) is 5.91 Å². The largest absolute Gasteiger partial charge is 0.356 e. The SMILES string of the molecule is CCCN(CC1CC1)c1cc(C(=O)Nc2ccc3[nH]nc(CCC(C)=O)c3c2)ncn1. The number of carbonyl (C=O) groups excluding carboxylic acids is 2. The van der Waals surface area contributed by atoms with E-state index in [-0.39, 0.29) is 11.7 Å². The lowest BCUT2D eigenvalue weighted by atomic mass is 10.1. The molecule has 4 rings (SSSR count). The fourth-order valence-electron chi connectivity index (χ4n) is 3.65. The molecule has 0 aliphatic heterocycles. The molecule has 3 aromatic rings. The number of nitrogens with one attached hydrogen (secondary N) is 2. The molecule has 2 N–H and O–H groups in total. The molecule has 162 valence electrons. The summed E-state index contributed by atoms with van der Waals surface area (Å²) < 4.78 is 0. The van der Waals surface area contributed by atoms with E-state index in [1.807, 2.05) is 18.2 Å². The van der Waals surface area contributed by atoms with E-state index in [9.17, 15) is 9.59 Å². The molecule has 0 spiro atoms. The average Bonchev–Trinajstić information content (AvgIpc) is 3.49. The van der Waals surface area contributed by atoms with Gasteiger partial charge in [-0.25, -0.2) is 9.97 Å². The summed E-state index contributed by atoms with van der Waals surface area (Å²) in [4.78, 5) is 35.0. The number of hydrogen-bond acceptors (Lipinski definition) is 6. The Kier molecular flexibility index (Phi) is 6.25. The lowest BCUT2D eigenvalue weighted by Gasteiger charge is -2.23. The van der Waals surface area contributed by atoms with Crippen molar-refractivity contribution in [3.05, 3.63) is 42.0 Å². The third-order valence-electron chi connectivity index (χ3n) is 5.49. The number of Topliss-reactive ketones (excluding diaryl/α,β-unsaturated/α-hetero) is 1. The number of aryl methyl sites for hydroxylation is 1. The minimum atomic E-state index is -0.278. The van der Waals surface area contributed by atoms with Crippen LogP contribution in [0.4, 0.5) is 11.5 Å². The molecule has 0 radical (unpaired) electrons. The number of aromatic nitrogens is 4. The number of fused-ring (bicyclic) bond motifs is 1. The van der Waals surface area contributed by atoms with Crippen LogP contribution in [0, 0.1) is 5.92 Å². The number of amides is 1. The Labute approximate surface area is 181 Å². The van der Waals surface area contributed by atoms with Crippen LogP contribution in [-0.4, -0.2) is 44.9 Å². The standard InChI is InChI=1S/C23H28N6O2/c1-3-10-29(13-16-5-6-16)22-12-21(24-14-25-22)23(31)26-17-7-9-20-18(11-17)19(27-28-20)8-4-15(2)30/h7,9,11-12,14,16H,3-6,8,10,13H2,1-2H3,(H,26,31)(H,27,28). The molecule has 31 heavy (non-hydrogen) atoms. The molecule has 8 nitrogen and oxygen atoms in total. The van der Waals surface area contributed by atoms with Crippen molar-refractivity contribution in [3.63, 3.8) is 0 Å². The van der Waals surface area contributed by atoms with Gasteiger partial charge >= 0.3 is 0 Å². The maximum atomic E-state index is 12.9. The average molecular weight is 421 g/mol. The van der Waals surface area contributed by atoms with Crippen LogP contribution in [0.1, 0.15) is 55.7 Å². The van der Waals surface area contributed by atoms with Gasteiger partial charge in [0.05, 0.1) is 11.2 Å². The lowest BCUT2D eigenvalue weighted by Crippen LogP contribution is -2.28. The van der Waals surface area contributed by atoms with Gasteiger partial charge in [0.15, 0.2) is 0 Å². The number of rotatable bonds is 10. The zero-order chi connectivity index (χ0) is 21.8. The second-order valence-electron chi connectivity index (χ2n) is 8.24. The highest BCUT2D eigenvalue weighted by atomic mass is 16.2. The monoisotopic (exact) mass is 420 g/mol. The quantitative estimate of drug-likeness (QED) is 0.518. The summed E-state index contributed by atoms with van der Waals surface area (Å²) in [5.74, 6) is 1.38. The topological polar surface area (TPSA) is 104 Å². The number of nitrogens with zero attached hydrogens (tertiary/aromatic N) is 4. The molecule has 8 heteroatoms. The van der Waals surface area contributed by atoms with Crippen molar-refractivity contribution in [2.75, 3.05) is 23.3 Å². The van der Waals surface area contributed by atoms with Gasteiger partial charge < -0.3 is 15.0 Å². The number of benzene rings is 1. The minimum Gasteiger partial charge on any atom is -0.356 e. The summed E-state index contributed by atoms with van der Waals surface area (Å²) in [5.41, 5.74) is 2.69. The highest BCUT2D eigenvalue weighted by Crippen LogP contribution is 2.31. The number of carbonyl (C=O) groups is 2. The second-order valence-corrected chi connectivity index (χ2v) is 8.24. The summed E-state index contributed by atoms with van der Waals surface area (Å²) in [6.07, 6.45) is 6.02. The molecule has 0 unspecified atom stereocenters. The minimum absolute atomic E-state index is 0.124. The molecule has 0 saturated heterocycles. The molecule has 1 aromatic carbocycles. The van der Waals surface area contributed by atoms with E-state index in [2.05, 4.69) is 37.3 Å². The Morgan fingerprint density at radius 3 is 2.81 bits per heavy atom. The van der Waals surface area contributed by atoms with E-state index >= 15 is 0 Å². The highest BCUT2D eigenvalue weighted by molar-refractivity contribution is 6.04. The summed E-state index contributed by atoms with van der Waals surface area (Å²) in [5, 5.41) is 11.1. The van der Waals surface area contributed by atoms with Crippen molar-refractivity contribution in [2.45, 2.75) is 46.0 Å². The molecule has 1 saturated carbocycles. The third kappa shape index (κ3) is 5.25. The molecule has 2 heterocycles. The van der Waals surface area contributed by atoms with Gasteiger partial charge in [0.1, 0.15) is 23.6 Å². The molecule has 0 atom stereocenters. The van der Waals surface area contributed by atoms with Crippen LogP contribution in [0.2, 0.25) is 0 Å². The molecule has 2 aromatic heterocycles. The number of hydrogen-bond donors (Lipinski definition) is 2. The molecule has 0 bridgehead atoms. The number of anilines is 2. The van der Waals surface area contributed by atoms with Gasteiger partial charge in [-0.1, -0.05) is 6.92 Å². The Morgan fingerprint density at radius 1 is 1.23 bits per heavy atom. The van der Waals surface area contributed by atoms with E-state index in [1.54, 1.807) is 13.0 Å². The van der Waals surface area contributed by atoms with Crippen molar-refractivity contribution >= 4 is 34.1 Å². The van der Waals surface area contributed by atoms with Gasteiger partial charge in [-0.05, 0) is 56.7 Å². The van der Waals surface area contributed by atoms with Crippen LogP contribution in [-0.2, 0) is 11.2 Å². The van der Waals surface area contributed by atoms with Gasteiger partial charge in [-0.3, -0.25) is 9.89 Å². The number of H-pyrrole nitrogens is 1. The second kappa shape index (κ2) is 9.24. The Balaban J connectivity index is 1.50. The van der Waals surface area contributed by atoms with Crippen LogP contribution >= 0.6 is 0 Å². The summed E-state index contributed by atoms with van der Waals surface area (Å²) in [6, 6.07) is 7.35. The predicted octanol–water partition coefficient (Wildman–Crippen LogP) is 3.75. The van der Waals surface area contributed by atoms with E-state index < -0.39 is 0 Å². The van der Waals surface area contributed by atoms with Gasteiger partial charge in [0, 0.05) is 36.7 Å². The Bertz CT molecular complexity index is 1090. The third-order valence-corrected chi connectivity index (χ3v) is 5.49. The van der Waals surface area contributed by atoms with Crippen molar-refractivity contribution in [1.29, 1.82) is 0 Å². The first-order valence-corrected chi connectivity index (χ1v) is 10.9. The van der Waals surface area contributed by atoms with Gasteiger partial charge in [-0.15, -0.1) is 0 Å². The summed E-state index contributed by atoms with van der Waals surface area (Å²) >= 11 is 0. The first-order valence-electron chi connectivity index (χ1n) is 10.9. The first kappa shape index (κ1) is 21.0. The van der Waals surface area contributed by atoms with E-state index in [0.717, 1.165) is 47.8 Å². The van der Waals surface area contributed by atoms with E-state index in [1.165, 1.54) is 19.2 Å². The first-order chi connectivity index (χ1) is 15.0. The maximum Gasteiger partial charge on any atom is 0.274 e. The molecule has 1 aliphatic rings. The van der Waals surface area contributed by atoms with Gasteiger partial charge in [-0.2, -0.15) is 5.10 Å². The Morgan fingerprint density at radius 2 is 2.06 bits per heavy atom. The molecule has 1 amide bonds. The van der Waals surface area contributed by atoms with Crippen molar-refractivity contribution in [1.82, 2.24) is 20.2 Å². The zero-order valence-electron chi connectivity index (χ0n) is 18.0. The molecular formula is C23H28N6O2. The van der Waals surface area contributed by atoms with Crippen molar-refractivity contribution in [3.8, 4) is 0 Å². The fraction of sp³-hybridized carbons (Fsp3) is 0.435. The summed E-state index contributed by atoms with van der Waals surface area (Å²) in [6.45, 7) is 5.61. The predicted molar refractivity (Wildman–Crippen MR) is 120 cm³/mol. The van der Waals surface area contributed by atoms with E-state index in [4.69, 9.17) is 0 Å². The van der Waals surface area contributed by atoms with Crippen LogP contribution in [0.5, 0.6) is 0 Å². The van der Waals surface area contributed by atoms with Crippen molar-refractivity contribution < 1.29 is 9.59 Å². The van der Waals surface area contributed by atoms with Crippen molar-refractivity contribution in [2.24, 2.45) is 5.92 Å². The van der Waals surface area contributed by atoms with E-state index in [0.29, 0.717) is 24.2 Å². The Hall–Kier alpha value is -3.29. The fourth-order valence-corrected chi connectivity index (χ4v) is 3.65. The maximum absolute atomic E-state index is 12.9. The normalized spacial score (nSPS) is 13.4. The molecule has 1 fully saturated rings. The number of ketones is 1. The number of aromatic amines is 1. The van der Waals surface area contributed by atoms with Crippen LogP contribution < -0.4 is 10.2 Å². The zero-order valence-corrected chi connectivity index (χ0v) is 18.0. The van der Waals surface area contributed by atoms with Crippen LogP contribution in [0.15, 0.2) is 30.6 Å². The molecular weight excluding hydrogens is 392 g/mol. The summed E-state index contributed by atoms with van der Waals surface area (Å²) in [7, 11) is 0.